The second-order valence-electron chi connectivity index (χ2n) is 9.56. The van der Waals surface area contributed by atoms with Crippen molar-refractivity contribution in [2.75, 3.05) is 30.2 Å². The number of ether oxygens (including phenoxy) is 2. The molecule has 8 nitrogen and oxygen atoms in total. The van der Waals surface area contributed by atoms with Crippen molar-refractivity contribution in [3.63, 3.8) is 0 Å². The van der Waals surface area contributed by atoms with E-state index in [1.165, 1.54) is 22.7 Å². The molecule has 0 radical (unpaired) electrons. The number of thiophene rings is 1. The van der Waals surface area contributed by atoms with Crippen LogP contribution in [0.2, 0.25) is 0 Å². The Bertz CT molecular complexity index is 1230. The number of hydrogen-bond acceptors (Lipinski definition) is 8. The fourth-order valence-electron chi connectivity index (χ4n) is 4.87. The second-order valence-corrected chi connectivity index (χ2v) is 11.4. The van der Waals surface area contributed by atoms with Crippen LogP contribution in [0.5, 0.6) is 0 Å². The highest BCUT2D eigenvalue weighted by molar-refractivity contribution is 7.17. The molecule has 37 heavy (non-hydrogen) atoms. The molecule has 0 spiro atoms. The molecule has 0 unspecified atom stereocenters. The van der Waals surface area contributed by atoms with Gasteiger partial charge in [-0.3, -0.25) is 14.4 Å². The van der Waals surface area contributed by atoms with E-state index >= 15 is 0 Å². The third kappa shape index (κ3) is 5.82. The summed E-state index contributed by atoms with van der Waals surface area (Å²) in [5.74, 6) is 0.338. The van der Waals surface area contributed by atoms with Crippen molar-refractivity contribution in [1.82, 2.24) is 4.98 Å². The van der Waals surface area contributed by atoms with Gasteiger partial charge in [0.1, 0.15) is 12.5 Å². The van der Waals surface area contributed by atoms with Crippen LogP contribution >= 0.6 is 22.7 Å². The lowest BCUT2D eigenvalue weighted by atomic mass is 9.82. The molecule has 0 bridgehead atoms. The average Bonchev–Trinajstić information content (AvgIpc) is 3.61. The van der Waals surface area contributed by atoms with Gasteiger partial charge in [0.2, 0.25) is 5.91 Å². The molecule has 3 aromatic rings. The first-order valence-electron chi connectivity index (χ1n) is 12.4. The van der Waals surface area contributed by atoms with Crippen molar-refractivity contribution in [3.05, 3.63) is 51.8 Å². The Balaban J connectivity index is 1.40. The number of nitrogens with one attached hydrogen (secondary N) is 1. The molecule has 10 heteroatoms. The number of carbonyl (C=O) groups is 3. The standard InChI is InChI=1S/C27H29N3O5S2/c1-17-2-4-19(5-3-17)27(33)30(21-12-34-16-35-13-21)23-10-24(37-25(23)11-31)18-6-8-20(9-7-18)29-26(32)22-14-36-15-28-22/h6-11,14-15,17,19,21H,2-5,12-13,16H2,1H3,(H,29,32). The molecular weight excluding hydrogens is 510 g/mol. The molecule has 194 valence electrons. The Hall–Kier alpha value is -2.92. The maximum absolute atomic E-state index is 13.8. The zero-order valence-corrected chi connectivity index (χ0v) is 22.2. The van der Waals surface area contributed by atoms with Crippen LogP contribution < -0.4 is 10.2 Å². The summed E-state index contributed by atoms with van der Waals surface area (Å²) >= 11 is 2.71. The first-order valence-corrected chi connectivity index (χ1v) is 14.2. The number of rotatable bonds is 7. The lowest BCUT2D eigenvalue weighted by Gasteiger charge is -2.37. The summed E-state index contributed by atoms with van der Waals surface area (Å²) in [5, 5.41) is 4.53. The average molecular weight is 540 g/mol. The van der Waals surface area contributed by atoms with Gasteiger partial charge in [0.25, 0.3) is 5.91 Å². The van der Waals surface area contributed by atoms with Crippen molar-refractivity contribution in [3.8, 4) is 10.4 Å². The molecule has 2 aromatic heterocycles. The Morgan fingerprint density at radius 3 is 2.49 bits per heavy atom. The molecule has 3 heterocycles. The molecule has 1 saturated carbocycles. The van der Waals surface area contributed by atoms with E-state index in [2.05, 4.69) is 17.2 Å². The molecule has 1 aliphatic heterocycles. The van der Waals surface area contributed by atoms with Gasteiger partial charge in [-0.1, -0.05) is 19.1 Å². The molecule has 2 amide bonds. The first kappa shape index (κ1) is 25.7. The molecule has 5 rings (SSSR count). The van der Waals surface area contributed by atoms with Crippen LogP contribution in [0.3, 0.4) is 0 Å². The fourth-order valence-corrected chi connectivity index (χ4v) is 6.38. The van der Waals surface area contributed by atoms with Crippen molar-refractivity contribution in [1.29, 1.82) is 0 Å². The number of benzene rings is 1. The molecular formula is C27H29N3O5S2. The lowest BCUT2D eigenvalue weighted by Crippen LogP contribution is -2.51. The highest BCUT2D eigenvalue weighted by Crippen LogP contribution is 2.39. The molecule has 1 aliphatic carbocycles. The van der Waals surface area contributed by atoms with E-state index in [0.29, 0.717) is 41.1 Å². The number of aldehydes is 1. The Labute approximate surface area is 223 Å². The lowest BCUT2D eigenvalue weighted by molar-refractivity contribution is -0.131. The Morgan fingerprint density at radius 2 is 1.84 bits per heavy atom. The first-order chi connectivity index (χ1) is 18.0. The molecule has 1 aromatic carbocycles. The summed E-state index contributed by atoms with van der Waals surface area (Å²) in [6, 6.07) is 9.04. The van der Waals surface area contributed by atoms with Crippen molar-refractivity contribution in [2.24, 2.45) is 11.8 Å². The predicted molar refractivity (Wildman–Crippen MR) is 144 cm³/mol. The van der Waals surface area contributed by atoms with E-state index in [-0.39, 0.29) is 30.6 Å². The Morgan fingerprint density at radius 1 is 1.11 bits per heavy atom. The zero-order valence-electron chi connectivity index (χ0n) is 20.6. The van der Waals surface area contributed by atoms with Gasteiger partial charge in [-0.25, -0.2) is 4.98 Å². The number of nitrogens with zero attached hydrogens (tertiary/aromatic N) is 2. The fraction of sp³-hybridized carbons (Fsp3) is 0.407. The second kappa shape index (κ2) is 11.6. The van der Waals surface area contributed by atoms with Gasteiger partial charge in [-0.2, -0.15) is 0 Å². The number of anilines is 2. The van der Waals surface area contributed by atoms with Crippen molar-refractivity contribution >= 4 is 52.1 Å². The van der Waals surface area contributed by atoms with Gasteiger partial charge >= 0.3 is 0 Å². The third-order valence-electron chi connectivity index (χ3n) is 6.95. The molecule has 0 atom stereocenters. The summed E-state index contributed by atoms with van der Waals surface area (Å²) < 4.78 is 11.1. The minimum absolute atomic E-state index is 0.0403. The third-order valence-corrected chi connectivity index (χ3v) is 8.64. The molecule has 1 saturated heterocycles. The number of hydrogen-bond donors (Lipinski definition) is 1. The van der Waals surface area contributed by atoms with Crippen LogP contribution in [0.4, 0.5) is 11.4 Å². The SMILES string of the molecule is CC1CCC(C(=O)N(c2cc(-c3ccc(NC(=O)c4cscn4)cc3)sc2C=O)C2COCOC2)CC1. The monoisotopic (exact) mass is 539 g/mol. The van der Waals surface area contributed by atoms with Crippen LogP contribution in [0, 0.1) is 11.8 Å². The quantitative estimate of drug-likeness (QED) is 0.400. The summed E-state index contributed by atoms with van der Waals surface area (Å²) in [6.07, 6.45) is 4.59. The van der Waals surface area contributed by atoms with E-state index in [9.17, 15) is 14.4 Å². The normalized spacial score (nSPS) is 20.4. The van der Waals surface area contributed by atoms with E-state index in [1.807, 2.05) is 30.3 Å². The number of carbonyl (C=O) groups excluding carboxylic acids is 3. The number of aromatic nitrogens is 1. The highest BCUT2D eigenvalue weighted by atomic mass is 32.1. The molecule has 2 aliphatic rings. The van der Waals surface area contributed by atoms with Crippen LogP contribution in [0.15, 0.2) is 41.2 Å². The van der Waals surface area contributed by atoms with Gasteiger partial charge in [-0.05, 0) is 55.4 Å². The largest absolute Gasteiger partial charge is 0.353 e. The summed E-state index contributed by atoms with van der Waals surface area (Å²) in [4.78, 5) is 45.4. The number of amides is 2. The number of thiazole rings is 1. The highest BCUT2D eigenvalue weighted by Gasteiger charge is 2.36. The minimum atomic E-state index is -0.287. The van der Waals surface area contributed by atoms with E-state index in [4.69, 9.17) is 9.47 Å². The van der Waals surface area contributed by atoms with Crippen molar-refractivity contribution in [2.45, 2.75) is 38.6 Å². The van der Waals surface area contributed by atoms with Gasteiger partial charge in [0.15, 0.2) is 6.29 Å². The summed E-state index contributed by atoms with van der Waals surface area (Å²) in [6.45, 7) is 3.17. The topological polar surface area (TPSA) is 97.8 Å². The van der Waals surface area contributed by atoms with Crippen molar-refractivity contribution < 1.29 is 23.9 Å². The minimum Gasteiger partial charge on any atom is -0.353 e. The zero-order chi connectivity index (χ0) is 25.8. The van der Waals surface area contributed by atoms with Gasteiger partial charge in [0, 0.05) is 21.9 Å². The van der Waals surface area contributed by atoms with Gasteiger partial charge < -0.3 is 19.7 Å². The van der Waals surface area contributed by atoms with Gasteiger partial charge in [0.05, 0.1) is 35.3 Å². The van der Waals surface area contributed by atoms with Gasteiger partial charge in [-0.15, -0.1) is 22.7 Å². The molecule has 1 N–H and O–H groups in total. The maximum Gasteiger partial charge on any atom is 0.275 e. The van der Waals surface area contributed by atoms with Crippen LogP contribution in [-0.4, -0.2) is 49.1 Å². The van der Waals surface area contributed by atoms with Crippen LogP contribution in [0.25, 0.3) is 10.4 Å². The van der Waals surface area contributed by atoms with E-state index in [0.717, 1.165) is 42.4 Å². The smallest absolute Gasteiger partial charge is 0.275 e. The summed E-state index contributed by atoms with van der Waals surface area (Å²) in [7, 11) is 0. The van der Waals surface area contributed by atoms with E-state index in [1.54, 1.807) is 15.8 Å². The summed E-state index contributed by atoms with van der Waals surface area (Å²) in [5.41, 5.74) is 4.14. The van der Waals surface area contributed by atoms with E-state index < -0.39 is 0 Å². The maximum atomic E-state index is 13.8. The van der Waals surface area contributed by atoms with Crippen LogP contribution in [0.1, 0.15) is 52.8 Å². The predicted octanol–water partition coefficient (Wildman–Crippen LogP) is 5.47. The van der Waals surface area contributed by atoms with Crippen LogP contribution in [-0.2, 0) is 14.3 Å². The Kier molecular flexibility index (Phi) is 8.09. The molecule has 2 fully saturated rings.